The number of rotatable bonds is 4. The molecule has 1 fully saturated rings. The molecule has 0 aromatic heterocycles. The molecule has 1 heterocycles. The van der Waals surface area contributed by atoms with Gasteiger partial charge < -0.3 is 4.74 Å². The van der Waals surface area contributed by atoms with Crippen molar-refractivity contribution in [1.82, 2.24) is 5.32 Å². The van der Waals surface area contributed by atoms with Crippen molar-refractivity contribution < 1.29 is 9.53 Å². The summed E-state index contributed by atoms with van der Waals surface area (Å²) in [5, 5.41) is 3.49. The Balaban J connectivity index is 2.14. The molecule has 19 heavy (non-hydrogen) atoms. The minimum Gasteiger partial charge on any atom is -0.462 e. The summed E-state index contributed by atoms with van der Waals surface area (Å²) in [6.07, 6.45) is 1.88. The van der Waals surface area contributed by atoms with Crippen molar-refractivity contribution in [3.8, 4) is 0 Å². The monoisotopic (exact) mass is 261 g/mol. The lowest BCUT2D eigenvalue weighted by Crippen LogP contribution is -2.57. The second-order valence-corrected chi connectivity index (χ2v) is 5.76. The van der Waals surface area contributed by atoms with E-state index in [9.17, 15) is 4.79 Å². The maximum Gasteiger partial charge on any atom is 0.326 e. The molecule has 1 saturated heterocycles. The van der Waals surface area contributed by atoms with Gasteiger partial charge in [0.15, 0.2) is 0 Å². The summed E-state index contributed by atoms with van der Waals surface area (Å²) in [6.45, 7) is 6.69. The third-order valence-electron chi connectivity index (χ3n) is 3.98. The molecule has 0 saturated carbocycles. The Morgan fingerprint density at radius 2 is 2.11 bits per heavy atom. The van der Waals surface area contributed by atoms with Gasteiger partial charge in [-0.05, 0) is 24.8 Å². The molecule has 2 rings (SSSR count). The number of benzene rings is 1. The number of hydrogen-bond donors (Lipinski definition) is 1. The predicted molar refractivity (Wildman–Crippen MR) is 75.8 cm³/mol. The molecule has 3 atom stereocenters. The van der Waals surface area contributed by atoms with Gasteiger partial charge in [0, 0.05) is 0 Å². The van der Waals surface area contributed by atoms with Crippen molar-refractivity contribution in [2.24, 2.45) is 5.92 Å². The van der Waals surface area contributed by atoms with Crippen molar-refractivity contribution >= 4 is 5.97 Å². The standard InChI is InChI=1S/C16H23NO2/c1-4-12(2)10-16(3)15(18)19-11-14(17-16)13-8-6-5-7-9-13/h5-9,12,14,17H,4,10-11H2,1-3H3/t12-,14?,16?/m0/s1. The van der Waals surface area contributed by atoms with Crippen LogP contribution in [0.25, 0.3) is 0 Å². The molecule has 104 valence electrons. The molecule has 1 aromatic rings. The van der Waals surface area contributed by atoms with Gasteiger partial charge in [0.05, 0.1) is 6.04 Å². The highest BCUT2D eigenvalue weighted by Gasteiger charge is 2.41. The molecule has 0 spiro atoms. The van der Waals surface area contributed by atoms with E-state index in [0.29, 0.717) is 12.5 Å². The number of morpholine rings is 1. The Bertz CT molecular complexity index is 432. The molecule has 3 nitrogen and oxygen atoms in total. The van der Waals surface area contributed by atoms with Crippen LogP contribution < -0.4 is 5.32 Å². The van der Waals surface area contributed by atoms with E-state index in [4.69, 9.17) is 4.74 Å². The third-order valence-corrected chi connectivity index (χ3v) is 3.98. The van der Waals surface area contributed by atoms with E-state index >= 15 is 0 Å². The van der Waals surface area contributed by atoms with Crippen LogP contribution in [-0.2, 0) is 9.53 Å². The number of ether oxygens (including phenoxy) is 1. The van der Waals surface area contributed by atoms with Crippen LogP contribution >= 0.6 is 0 Å². The minimum absolute atomic E-state index is 0.0907. The molecule has 0 bridgehead atoms. The van der Waals surface area contributed by atoms with E-state index in [0.717, 1.165) is 12.8 Å². The van der Waals surface area contributed by atoms with Gasteiger partial charge in [-0.15, -0.1) is 0 Å². The smallest absolute Gasteiger partial charge is 0.326 e. The molecule has 1 aliphatic heterocycles. The summed E-state index contributed by atoms with van der Waals surface area (Å²) in [7, 11) is 0. The van der Waals surface area contributed by atoms with Gasteiger partial charge in [0.1, 0.15) is 12.1 Å². The van der Waals surface area contributed by atoms with Crippen LogP contribution in [0.3, 0.4) is 0 Å². The maximum atomic E-state index is 12.1. The van der Waals surface area contributed by atoms with Crippen molar-refractivity contribution in [3.05, 3.63) is 35.9 Å². The Kier molecular flexibility index (Phi) is 4.25. The van der Waals surface area contributed by atoms with Crippen LogP contribution in [0.2, 0.25) is 0 Å². The lowest BCUT2D eigenvalue weighted by Gasteiger charge is -2.39. The van der Waals surface area contributed by atoms with Gasteiger partial charge in [-0.3, -0.25) is 10.1 Å². The lowest BCUT2D eigenvalue weighted by atomic mass is 9.86. The molecule has 0 aliphatic carbocycles. The molecule has 1 aliphatic rings. The van der Waals surface area contributed by atoms with Crippen LogP contribution in [0.1, 0.15) is 45.2 Å². The van der Waals surface area contributed by atoms with E-state index in [-0.39, 0.29) is 12.0 Å². The fourth-order valence-corrected chi connectivity index (χ4v) is 2.65. The van der Waals surface area contributed by atoms with Crippen molar-refractivity contribution in [1.29, 1.82) is 0 Å². The molecule has 3 heteroatoms. The van der Waals surface area contributed by atoms with Crippen molar-refractivity contribution in [2.45, 2.75) is 45.2 Å². The molecule has 0 radical (unpaired) electrons. The Labute approximate surface area is 115 Å². The highest BCUT2D eigenvalue weighted by molar-refractivity contribution is 5.81. The fraction of sp³-hybridized carbons (Fsp3) is 0.562. The first-order chi connectivity index (χ1) is 9.05. The van der Waals surface area contributed by atoms with Crippen LogP contribution in [0.15, 0.2) is 30.3 Å². The molecule has 0 amide bonds. The van der Waals surface area contributed by atoms with Gasteiger partial charge in [0.25, 0.3) is 0 Å². The van der Waals surface area contributed by atoms with Gasteiger partial charge in [-0.2, -0.15) is 0 Å². The number of carbonyl (C=O) groups excluding carboxylic acids is 1. The highest BCUT2D eigenvalue weighted by atomic mass is 16.5. The van der Waals surface area contributed by atoms with Crippen LogP contribution in [0.5, 0.6) is 0 Å². The number of hydrogen-bond acceptors (Lipinski definition) is 3. The van der Waals surface area contributed by atoms with Crippen LogP contribution in [-0.4, -0.2) is 18.1 Å². The summed E-state index contributed by atoms with van der Waals surface area (Å²) in [5.74, 6) is 0.375. The largest absolute Gasteiger partial charge is 0.462 e. The first kappa shape index (κ1) is 14.1. The second-order valence-electron chi connectivity index (χ2n) is 5.76. The quantitative estimate of drug-likeness (QED) is 0.847. The number of esters is 1. The van der Waals surface area contributed by atoms with Crippen molar-refractivity contribution in [2.75, 3.05) is 6.61 Å². The van der Waals surface area contributed by atoms with Gasteiger partial charge in [-0.25, -0.2) is 0 Å². The highest BCUT2D eigenvalue weighted by Crippen LogP contribution is 2.29. The summed E-state index contributed by atoms with van der Waals surface area (Å²) in [4.78, 5) is 12.1. The molecule has 1 N–H and O–H groups in total. The minimum atomic E-state index is -0.575. The SMILES string of the molecule is CC[C@H](C)CC1(C)NC(c2ccccc2)COC1=O. The summed E-state index contributed by atoms with van der Waals surface area (Å²) in [6, 6.07) is 10.3. The number of cyclic esters (lactones) is 1. The zero-order valence-electron chi connectivity index (χ0n) is 12.0. The first-order valence-corrected chi connectivity index (χ1v) is 7.05. The Morgan fingerprint density at radius 3 is 2.74 bits per heavy atom. The number of carbonyl (C=O) groups is 1. The molecular formula is C16H23NO2. The van der Waals surface area contributed by atoms with Gasteiger partial charge in [0.2, 0.25) is 0 Å². The van der Waals surface area contributed by atoms with Gasteiger partial charge >= 0.3 is 5.97 Å². The normalized spacial score (nSPS) is 28.8. The zero-order chi connectivity index (χ0) is 13.9. The average Bonchev–Trinajstić information content (AvgIpc) is 2.43. The topological polar surface area (TPSA) is 38.3 Å². The third kappa shape index (κ3) is 3.16. The Hall–Kier alpha value is -1.35. The summed E-state index contributed by atoms with van der Waals surface area (Å²) in [5.41, 5.74) is 0.596. The summed E-state index contributed by atoms with van der Waals surface area (Å²) >= 11 is 0. The molecule has 1 aromatic carbocycles. The summed E-state index contributed by atoms with van der Waals surface area (Å²) < 4.78 is 5.40. The van der Waals surface area contributed by atoms with E-state index < -0.39 is 5.54 Å². The lowest BCUT2D eigenvalue weighted by molar-refractivity contribution is -0.159. The number of nitrogens with one attached hydrogen (secondary N) is 1. The van der Waals surface area contributed by atoms with E-state index in [1.807, 2.05) is 25.1 Å². The van der Waals surface area contributed by atoms with E-state index in [2.05, 4.69) is 31.3 Å². The van der Waals surface area contributed by atoms with E-state index in [1.165, 1.54) is 5.56 Å². The maximum absolute atomic E-state index is 12.1. The fourth-order valence-electron chi connectivity index (χ4n) is 2.65. The second kappa shape index (κ2) is 5.74. The average molecular weight is 261 g/mol. The van der Waals surface area contributed by atoms with Crippen molar-refractivity contribution in [3.63, 3.8) is 0 Å². The van der Waals surface area contributed by atoms with Gasteiger partial charge in [-0.1, -0.05) is 50.6 Å². The van der Waals surface area contributed by atoms with E-state index in [1.54, 1.807) is 0 Å². The Morgan fingerprint density at radius 1 is 1.42 bits per heavy atom. The van der Waals surface area contributed by atoms with Crippen LogP contribution in [0, 0.1) is 5.92 Å². The molecular weight excluding hydrogens is 238 g/mol. The first-order valence-electron chi connectivity index (χ1n) is 7.05. The predicted octanol–water partition coefficient (Wildman–Crippen LogP) is 3.07. The van der Waals surface area contributed by atoms with Crippen LogP contribution in [0.4, 0.5) is 0 Å². The molecule has 2 unspecified atom stereocenters. The zero-order valence-corrected chi connectivity index (χ0v) is 12.0.